The van der Waals surface area contributed by atoms with E-state index in [-0.39, 0.29) is 23.6 Å². The van der Waals surface area contributed by atoms with E-state index in [4.69, 9.17) is 0 Å². The van der Waals surface area contributed by atoms with Crippen LogP contribution in [0.15, 0.2) is 28.7 Å². The minimum atomic E-state index is -2.96. The molecule has 2 amide bonds. The summed E-state index contributed by atoms with van der Waals surface area (Å²) < 4.78 is 23.6. The van der Waals surface area contributed by atoms with E-state index in [0.29, 0.717) is 13.0 Å². The predicted molar refractivity (Wildman–Crippen MR) is 81.4 cm³/mol. The van der Waals surface area contributed by atoms with Crippen LogP contribution < -0.4 is 10.6 Å². The molecular formula is C13H17BrN2O3S. The highest BCUT2D eigenvalue weighted by Gasteiger charge is 2.28. The Morgan fingerprint density at radius 3 is 2.60 bits per heavy atom. The summed E-state index contributed by atoms with van der Waals surface area (Å²) in [6.45, 7) is 0.521. The Kier molecular flexibility index (Phi) is 5.04. The van der Waals surface area contributed by atoms with Crippen LogP contribution >= 0.6 is 15.9 Å². The molecule has 0 spiro atoms. The molecule has 2 rings (SSSR count). The molecule has 110 valence electrons. The Morgan fingerprint density at radius 1 is 1.30 bits per heavy atom. The van der Waals surface area contributed by atoms with Gasteiger partial charge in [0, 0.05) is 17.1 Å². The van der Waals surface area contributed by atoms with Crippen LogP contribution in [-0.4, -0.2) is 38.5 Å². The lowest BCUT2D eigenvalue weighted by atomic mass is 10.1. The van der Waals surface area contributed by atoms with E-state index in [1.54, 1.807) is 0 Å². The van der Waals surface area contributed by atoms with Crippen molar-refractivity contribution in [2.24, 2.45) is 0 Å². The van der Waals surface area contributed by atoms with Gasteiger partial charge < -0.3 is 10.6 Å². The summed E-state index contributed by atoms with van der Waals surface area (Å²) in [5, 5.41) is 5.44. The van der Waals surface area contributed by atoms with Gasteiger partial charge in [-0.25, -0.2) is 13.2 Å². The average Bonchev–Trinajstić information content (AvgIpc) is 2.71. The van der Waals surface area contributed by atoms with E-state index in [1.807, 2.05) is 24.3 Å². The van der Waals surface area contributed by atoms with Crippen molar-refractivity contribution in [1.29, 1.82) is 0 Å². The summed E-state index contributed by atoms with van der Waals surface area (Å²) in [6.07, 6.45) is 1.24. The Balaban J connectivity index is 1.69. The maximum absolute atomic E-state index is 11.6. The van der Waals surface area contributed by atoms with Crippen molar-refractivity contribution in [3.8, 4) is 0 Å². The summed E-state index contributed by atoms with van der Waals surface area (Å²) >= 11 is 3.37. The van der Waals surface area contributed by atoms with Crippen LogP contribution in [0.2, 0.25) is 0 Å². The molecule has 1 heterocycles. The standard InChI is InChI=1S/C13H17BrN2O3S/c14-11-3-1-10(2-4-11)5-7-15-13(17)16-12-6-8-20(18,19)9-12/h1-4,12H,5-9H2,(H2,15,16,17). The molecule has 1 aromatic carbocycles. The number of amides is 2. The van der Waals surface area contributed by atoms with Gasteiger partial charge in [0.2, 0.25) is 0 Å². The molecule has 1 aromatic rings. The first-order valence-electron chi connectivity index (χ1n) is 6.44. The largest absolute Gasteiger partial charge is 0.338 e. The molecule has 1 atom stereocenters. The molecule has 1 unspecified atom stereocenters. The van der Waals surface area contributed by atoms with Gasteiger partial charge in [0.05, 0.1) is 11.5 Å². The molecule has 1 aliphatic heterocycles. The highest BCUT2D eigenvalue weighted by molar-refractivity contribution is 9.10. The van der Waals surface area contributed by atoms with E-state index in [9.17, 15) is 13.2 Å². The zero-order valence-electron chi connectivity index (χ0n) is 10.9. The molecule has 5 nitrogen and oxygen atoms in total. The smallest absolute Gasteiger partial charge is 0.315 e. The van der Waals surface area contributed by atoms with Gasteiger partial charge in [0.15, 0.2) is 9.84 Å². The SMILES string of the molecule is O=C(NCCc1ccc(Br)cc1)NC1CCS(=O)(=O)C1. The van der Waals surface area contributed by atoms with Crippen LogP contribution in [-0.2, 0) is 16.3 Å². The van der Waals surface area contributed by atoms with Crippen molar-refractivity contribution in [1.82, 2.24) is 10.6 Å². The molecule has 20 heavy (non-hydrogen) atoms. The van der Waals surface area contributed by atoms with Gasteiger partial charge in [-0.3, -0.25) is 0 Å². The molecule has 7 heteroatoms. The Bertz CT molecular complexity index is 572. The summed E-state index contributed by atoms with van der Waals surface area (Å²) in [4.78, 5) is 11.6. The summed E-state index contributed by atoms with van der Waals surface area (Å²) in [5.41, 5.74) is 1.14. The van der Waals surface area contributed by atoms with Crippen LogP contribution in [0.1, 0.15) is 12.0 Å². The number of benzene rings is 1. The normalized spacial score (nSPS) is 20.6. The number of carbonyl (C=O) groups excluding carboxylic acids is 1. The molecule has 0 radical (unpaired) electrons. The van der Waals surface area contributed by atoms with Gasteiger partial charge in [-0.05, 0) is 30.5 Å². The second-order valence-corrected chi connectivity index (χ2v) is 8.02. The van der Waals surface area contributed by atoms with Crippen LogP contribution in [0.25, 0.3) is 0 Å². The van der Waals surface area contributed by atoms with Crippen LogP contribution in [0.5, 0.6) is 0 Å². The second kappa shape index (κ2) is 6.58. The maximum Gasteiger partial charge on any atom is 0.315 e. The highest BCUT2D eigenvalue weighted by Crippen LogP contribution is 2.11. The number of halogens is 1. The van der Waals surface area contributed by atoms with E-state index in [1.165, 1.54) is 0 Å². The molecule has 1 fully saturated rings. The molecule has 0 aromatic heterocycles. The van der Waals surface area contributed by atoms with Crippen molar-refractivity contribution < 1.29 is 13.2 Å². The molecule has 0 aliphatic carbocycles. The van der Waals surface area contributed by atoms with Gasteiger partial charge in [-0.2, -0.15) is 0 Å². The quantitative estimate of drug-likeness (QED) is 0.853. The van der Waals surface area contributed by atoms with Crippen molar-refractivity contribution >= 4 is 31.8 Å². The summed E-state index contributed by atoms with van der Waals surface area (Å²) in [6, 6.07) is 7.34. The van der Waals surface area contributed by atoms with Crippen molar-refractivity contribution in [3.05, 3.63) is 34.3 Å². The second-order valence-electron chi connectivity index (χ2n) is 4.88. The molecule has 1 aliphatic rings. The third-order valence-corrected chi connectivity index (χ3v) is 5.48. The summed E-state index contributed by atoms with van der Waals surface area (Å²) in [5.74, 6) is 0.212. The zero-order valence-corrected chi connectivity index (χ0v) is 13.3. The van der Waals surface area contributed by atoms with Gasteiger partial charge in [-0.1, -0.05) is 28.1 Å². The van der Waals surface area contributed by atoms with Crippen LogP contribution in [0, 0.1) is 0 Å². The fraction of sp³-hybridized carbons (Fsp3) is 0.462. The topological polar surface area (TPSA) is 75.3 Å². The lowest BCUT2D eigenvalue weighted by molar-refractivity contribution is 0.238. The van der Waals surface area contributed by atoms with Crippen LogP contribution in [0.4, 0.5) is 4.79 Å². The third-order valence-electron chi connectivity index (χ3n) is 3.18. The third kappa shape index (κ3) is 4.79. The van der Waals surface area contributed by atoms with Crippen molar-refractivity contribution in [2.75, 3.05) is 18.1 Å². The number of sulfone groups is 1. The van der Waals surface area contributed by atoms with Crippen LogP contribution in [0.3, 0.4) is 0 Å². The number of carbonyl (C=O) groups is 1. The molecular weight excluding hydrogens is 344 g/mol. The van der Waals surface area contributed by atoms with E-state index >= 15 is 0 Å². The van der Waals surface area contributed by atoms with Gasteiger partial charge in [0.25, 0.3) is 0 Å². The summed E-state index contributed by atoms with van der Waals surface area (Å²) in [7, 11) is -2.96. The van der Waals surface area contributed by atoms with Gasteiger partial charge in [0.1, 0.15) is 0 Å². The Morgan fingerprint density at radius 2 is 2.00 bits per heavy atom. The number of nitrogens with one attached hydrogen (secondary N) is 2. The number of hydrogen-bond acceptors (Lipinski definition) is 3. The Hall–Kier alpha value is -1.08. The van der Waals surface area contributed by atoms with E-state index < -0.39 is 9.84 Å². The number of rotatable bonds is 4. The fourth-order valence-electron chi connectivity index (χ4n) is 2.12. The molecule has 1 saturated heterocycles. The molecule has 0 saturated carbocycles. The van der Waals surface area contributed by atoms with Crippen molar-refractivity contribution in [2.45, 2.75) is 18.9 Å². The maximum atomic E-state index is 11.6. The first kappa shape index (κ1) is 15.3. The number of hydrogen-bond donors (Lipinski definition) is 2. The van der Waals surface area contributed by atoms with Gasteiger partial charge in [-0.15, -0.1) is 0 Å². The monoisotopic (exact) mass is 360 g/mol. The van der Waals surface area contributed by atoms with Crippen molar-refractivity contribution in [3.63, 3.8) is 0 Å². The lowest BCUT2D eigenvalue weighted by Crippen LogP contribution is -2.43. The van der Waals surface area contributed by atoms with Gasteiger partial charge >= 0.3 is 6.03 Å². The first-order chi connectivity index (χ1) is 9.44. The number of urea groups is 1. The predicted octanol–water partition coefficient (Wildman–Crippen LogP) is 1.48. The highest BCUT2D eigenvalue weighted by atomic mass is 79.9. The minimum absolute atomic E-state index is 0.0487. The Labute approximate surface area is 127 Å². The van der Waals surface area contributed by atoms with E-state index in [0.717, 1.165) is 16.5 Å². The lowest BCUT2D eigenvalue weighted by Gasteiger charge is -2.12. The fourth-order valence-corrected chi connectivity index (χ4v) is 4.05. The average molecular weight is 361 g/mol. The molecule has 2 N–H and O–H groups in total. The first-order valence-corrected chi connectivity index (χ1v) is 9.05. The zero-order chi connectivity index (χ0) is 14.6. The minimum Gasteiger partial charge on any atom is -0.338 e. The van der Waals surface area contributed by atoms with E-state index in [2.05, 4.69) is 26.6 Å². The molecule has 0 bridgehead atoms.